The van der Waals surface area contributed by atoms with Gasteiger partial charge in [-0.05, 0) is 55.5 Å². The monoisotopic (exact) mass is 390 g/mol. The first-order chi connectivity index (χ1) is 12.8. The van der Waals surface area contributed by atoms with Gasteiger partial charge in [0.25, 0.3) is 5.69 Å². The Morgan fingerprint density at radius 3 is 2.63 bits per heavy atom. The highest BCUT2D eigenvalue weighted by Crippen LogP contribution is 2.39. The molecule has 2 aromatic carbocycles. The average molecular weight is 390 g/mol. The molecule has 0 unspecified atom stereocenters. The molecule has 0 N–H and O–H groups in total. The number of methoxy groups -OCH3 is 1. The summed E-state index contributed by atoms with van der Waals surface area (Å²) in [5.41, 5.74) is 1.76. The maximum atomic E-state index is 13.4. The number of aryl methyl sites for hydroxylation is 1. The molecular formula is C19H22N2O5S. The molecule has 144 valence electrons. The van der Waals surface area contributed by atoms with Crippen LogP contribution in [0.1, 0.15) is 35.6 Å². The van der Waals surface area contributed by atoms with Crippen molar-refractivity contribution in [3.05, 3.63) is 63.2 Å². The minimum Gasteiger partial charge on any atom is -0.497 e. The molecule has 0 bridgehead atoms. The van der Waals surface area contributed by atoms with Gasteiger partial charge in [-0.25, -0.2) is 8.42 Å². The standard InChI is InChI=1S/C19H22N2O5S/c1-13-10-16(21(22)23)12-19(14(13)2)27(24,25)20-9-5-8-18(20)15-6-4-7-17(11-15)26-3/h4,6-7,10-12,18H,5,8-9H2,1-3H3/t18-/m0/s1. The van der Waals surface area contributed by atoms with E-state index in [4.69, 9.17) is 4.74 Å². The third-order valence-electron chi connectivity index (χ3n) is 5.08. The van der Waals surface area contributed by atoms with E-state index < -0.39 is 14.9 Å². The van der Waals surface area contributed by atoms with Crippen molar-refractivity contribution in [3.8, 4) is 5.75 Å². The molecule has 8 heteroatoms. The van der Waals surface area contributed by atoms with Gasteiger partial charge in [0.05, 0.1) is 23.0 Å². The Labute approximate surface area is 158 Å². The molecule has 1 aliphatic rings. The van der Waals surface area contributed by atoms with E-state index in [1.165, 1.54) is 16.4 Å². The summed E-state index contributed by atoms with van der Waals surface area (Å²) in [5, 5.41) is 11.2. The second-order valence-electron chi connectivity index (χ2n) is 6.69. The molecule has 27 heavy (non-hydrogen) atoms. The molecule has 0 aliphatic carbocycles. The summed E-state index contributed by atoms with van der Waals surface area (Å²) >= 11 is 0. The second-order valence-corrected chi connectivity index (χ2v) is 8.55. The van der Waals surface area contributed by atoms with Crippen molar-refractivity contribution in [3.63, 3.8) is 0 Å². The maximum absolute atomic E-state index is 13.4. The fraction of sp³-hybridized carbons (Fsp3) is 0.368. The highest BCUT2D eigenvalue weighted by Gasteiger charge is 2.38. The lowest BCUT2D eigenvalue weighted by molar-refractivity contribution is -0.385. The Morgan fingerprint density at radius 1 is 1.22 bits per heavy atom. The smallest absolute Gasteiger partial charge is 0.271 e. The summed E-state index contributed by atoms with van der Waals surface area (Å²) < 4.78 is 33.5. The Balaban J connectivity index is 2.07. The van der Waals surface area contributed by atoms with Gasteiger partial charge in [0.15, 0.2) is 0 Å². The highest BCUT2D eigenvalue weighted by atomic mass is 32.2. The van der Waals surface area contributed by atoms with Gasteiger partial charge in [0.2, 0.25) is 10.0 Å². The van der Waals surface area contributed by atoms with Crippen LogP contribution >= 0.6 is 0 Å². The Morgan fingerprint density at radius 2 is 1.96 bits per heavy atom. The molecule has 0 amide bonds. The van der Waals surface area contributed by atoms with Gasteiger partial charge in [-0.2, -0.15) is 4.31 Å². The van der Waals surface area contributed by atoms with Crippen LogP contribution in [0.25, 0.3) is 0 Å². The van der Waals surface area contributed by atoms with E-state index >= 15 is 0 Å². The van der Waals surface area contributed by atoms with Crippen molar-refractivity contribution in [2.24, 2.45) is 0 Å². The molecule has 1 fully saturated rings. The molecule has 1 aliphatic heterocycles. The third kappa shape index (κ3) is 3.54. The predicted molar refractivity (Wildman–Crippen MR) is 101 cm³/mol. The van der Waals surface area contributed by atoms with Crippen molar-refractivity contribution in [1.29, 1.82) is 0 Å². The average Bonchev–Trinajstić information content (AvgIpc) is 3.14. The number of non-ortho nitro benzene ring substituents is 1. The van der Waals surface area contributed by atoms with Gasteiger partial charge in [-0.3, -0.25) is 10.1 Å². The first-order valence-electron chi connectivity index (χ1n) is 8.67. The number of ether oxygens (including phenoxy) is 1. The topological polar surface area (TPSA) is 89.8 Å². The largest absolute Gasteiger partial charge is 0.497 e. The van der Waals surface area contributed by atoms with Crippen LogP contribution in [-0.4, -0.2) is 31.3 Å². The van der Waals surface area contributed by atoms with E-state index in [9.17, 15) is 18.5 Å². The van der Waals surface area contributed by atoms with Crippen LogP contribution in [-0.2, 0) is 10.0 Å². The van der Waals surface area contributed by atoms with Crippen molar-refractivity contribution in [1.82, 2.24) is 4.31 Å². The maximum Gasteiger partial charge on any atom is 0.271 e. The number of hydrogen-bond acceptors (Lipinski definition) is 5. The van der Waals surface area contributed by atoms with E-state index in [1.807, 2.05) is 24.3 Å². The number of nitro groups is 1. The van der Waals surface area contributed by atoms with Crippen LogP contribution in [0.15, 0.2) is 41.3 Å². The fourth-order valence-corrected chi connectivity index (χ4v) is 5.52. The molecule has 1 saturated heterocycles. The van der Waals surface area contributed by atoms with E-state index in [-0.39, 0.29) is 16.6 Å². The summed E-state index contributed by atoms with van der Waals surface area (Å²) in [4.78, 5) is 10.6. The van der Waals surface area contributed by atoms with Crippen LogP contribution in [0.5, 0.6) is 5.75 Å². The van der Waals surface area contributed by atoms with Gasteiger partial charge in [0.1, 0.15) is 5.75 Å². The van der Waals surface area contributed by atoms with Gasteiger partial charge in [-0.1, -0.05) is 12.1 Å². The van der Waals surface area contributed by atoms with Gasteiger partial charge in [0, 0.05) is 18.7 Å². The van der Waals surface area contributed by atoms with E-state index in [1.54, 1.807) is 21.0 Å². The minimum atomic E-state index is -3.88. The zero-order valence-corrected chi connectivity index (χ0v) is 16.3. The molecular weight excluding hydrogens is 368 g/mol. The van der Waals surface area contributed by atoms with E-state index in [2.05, 4.69) is 0 Å². The highest BCUT2D eigenvalue weighted by molar-refractivity contribution is 7.89. The number of rotatable bonds is 5. The summed E-state index contributed by atoms with van der Waals surface area (Å²) in [6.45, 7) is 3.75. The molecule has 0 aromatic heterocycles. The molecule has 1 atom stereocenters. The number of sulfonamides is 1. The molecule has 2 aromatic rings. The SMILES string of the molecule is COc1cccc([C@@H]2CCCN2S(=O)(=O)c2cc([N+](=O)[O-])cc(C)c2C)c1. The molecule has 0 radical (unpaired) electrons. The van der Waals surface area contributed by atoms with E-state index in [0.29, 0.717) is 29.8 Å². The lowest BCUT2D eigenvalue weighted by atomic mass is 10.1. The summed E-state index contributed by atoms with van der Waals surface area (Å²) in [7, 11) is -2.31. The van der Waals surface area contributed by atoms with Crippen molar-refractivity contribution >= 4 is 15.7 Å². The Hall–Kier alpha value is -2.45. The molecule has 7 nitrogen and oxygen atoms in total. The number of hydrogen-bond donors (Lipinski definition) is 0. The first kappa shape index (κ1) is 19.3. The van der Waals surface area contributed by atoms with Gasteiger partial charge < -0.3 is 4.74 Å². The number of nitrogens with zero attached hydrogens (tertiary/aromatic N) is 2. The fourth-order valence-electron chi connectivity index (χ4n) is 3.52. The summed E-state index contributed by atoms with van der Waals surface area (Å²) in [6.07, 6.45) is 1.42. The van der Waals surface area contributed by atoms with E-state index in [0.717, 1.165) is 12.0 Å². The van der Waals surface area contributed by atoms with Crippen molar-refractivity contribution in [2.45, 2.75) is 37.6 Å². The summed E-state index contributed by atoms with van der Waals surface area (Å²) in [5.74, 6) is 0.666. The quantitative estimate of drug-likeness (QED) is 0.573. The summed E-state index contributed by atoms with van der Waals surface area (Å²) in [6, 6.07) is 9.61. The van der Waals surface area contributed by atoms with Crippen LogP contribution in [0.3, 0.4) is 0 Å². The zero-order chi connectivity index (χ0) is 19.8. The zero-order valence-electron chi connectivity index (χ0n) is 15.5. The lowest BCUT2D eigenvalue weighted by Gasteiger charge is -2.25. The lowest BCUT2D eigenvalue weighted by Crippen LogP contribution is -2.31. The van der Waals surface area contributed by atoms with Crippen LogP contribution < -0.4 is 4.74 Å². The minimum absolute atomic E-state index is 0.00370. The molecule has 0 spiro atoms. The Kier molecular flexibility index (Phi) is 5.21. The van der Waals surface area contributed by atoms with Gasteiger partial charge in [-0.15, -0.1) is 0 Å². The molecule has 3 rings (SSSR count). The molecule has 0 saturated carbocycles. The van der Waals surface area contributed by atoms with Crippen LogP contribution in [0.2, 0.25) is 0 Å². The van der Waals surface area contributed by atoms with Crippen LogP contribution in [0, 0.1) is 24.0 Å². The van der Waals surface area contributed by atoms with Gasteiger partial charge >= 0.3 is 0 Å². The predicted octanol–water partition coefficient (Wildman–Crippen LogP) is 3.75. The Bertz CT molecular complexity index is 988. The second kappa shape index (κ2) is 7.28. The van der Waals surface area contributed by atoms with Crippen molar-refractivity contribution in [2.75, 3.05) is 13.7 Å². The third-order valence-corrected chi connectivity index (χ3v) is 7.12. The van der Waals surface area contributed by atoms with Crippen LogP contribution in [0.4, 0.5) is 5.69 Å². The number of benzene rings is 2. The first-order valence-corrected chi connectivity index (χ1v) is 10.1. The van der Waals surface area contributed by atoms with Crippen molar-refractivity contribution < 1.29 is 18.1 Å². The number of nitro benzene ring substituents is 1. The molecule has 1 heterocycles. The normalized spacial score (nSPS) is 17.8.